The number of aliphatic hydroxyl groups excluding tert-OH is 2. The van der Waals surface area contributed by atoms with Crippen LogP contribution in [0.4, 0.5) is 8.78 Å². The Bertz CT molecular complexity index is 683. The summed E-state index contributed by atoms with van der Waals surface area (Å²) in [6, 6.07) is 0. The molecule has 0 aromatic carbocycles. The topological polar surface area (TPSA) is 70.4 Å². The summed E-state index contributed by atoms with van der Waals surface area (Å²) in [4.78, 5) is 2.35. The molecule has 20 heavy (non-hydrogen) atoms. The van der Waals surface area contributed by atoms with Crippen LogP contribution in [-0.2, 0) is 4.74 Å². The Labute approximate surface area is 122 Å². The molecule has 0 aliphatic carbocycles. The van der Waals surface area contributed by atoms with Crippen LogP contribution in [0.15, 0.2) is 6.20 Å². The molecule has 1 aromatic rings. The van der Waals surface area contributed by atoms with E-state index in [-0.39, 0.29) is 9.41 Å². The highest BCUT2D eigenvalue weighted by Gasteiger charge is 2.57. The molecular formula is C11H10F2N2O3S2. The van der Waals surface area contributed by atoms with Crippen LogP contribution in [0.2, 0.25) is 0 Å². The number of aliphatic hydroxyl groups is 2. The van der Waals surface area contributed by atoms with Gasteiger partial charge in [-0.1, -0.05) is 18.1 Å². The van der Waals surface area contributed by atoms with Crippen molar-refractivity contribution in [3.63, 3.8) is 0 Å². The molecule has 0 radical (unpaired) electrons. The second-order valence-corrected chi connectivity index (χ2v) is 5.01. The average Bonchev–Trinajstić information content (AvgIpc) is 2.67. The lowest BCUT2D eigenvalue weighted by Crippen LogP contribution is -2.42. The van der Waals surface area contributed by atoms with Crippen molar-refractivity contribution in [2.45, 2.75) is 24.1 Å². The van der Waals surface area contributed by atoms with Crippen molar-refractivity contribution in [2.24, 2.45) is 0 Å². The second kappa shape index (κ2) is 5.31. The number of nitrogens with one attached hydrogen (secondary N) is 1. The van der Waals surface area contributed by atoms with E-state index < -0.39 is 36.5 Å². The highest BCUT2D eigenvalue weighted by molar-refractivity contribution is 7.72. The number of ether oxygens (including phenoxy) is 1. The van der Waals surface area contributed by atoms with Gasteiger partial charge in [-0.3, -0.25) is 4.57 Å². The molecule has 1 aliphatic heterocycles. The van der Waals surface area contributed by atoms with Crippen molar-refractivity contribution in [1.82, 2.24) is 9.55 Å². The van der Waals surface area contributed by atoms with Crippen LogP contribution in [0.1, 0.15) is 6.23 Å². The van der Waals surface area contributed by atoms with Crippen LogP contribution < -0.4 is 0 Å². The fourth-order valence-electron chi connectivity index (χ4n) is 1.96. The molecule has 0 saturated carbocycles. The summed E-state index contributed by atoms with van der Waals surface area (Å²) in [6.07, 6.45) is 1.36. The van der Waals surface area contributed by atoms with Gasteiger partial charge in [0.05, 0.1) is 6.61 Å². The summed E-state index contributed by atoms with van der Waals surface area (Å²) in [7, 11) is 0. The number of aromatic amines is 1. The van der Waals surface area contributed by atoms with Crippen molar-refractivity contribution < 1.29 is 23.7 Å². The van der Waals surface area contributed by atoms with Crippen LogP contribution >= 0.6 is 24.4 Å². The van der Waals surface area contributed by atoms with Crippen LogP contribution in [0.25, 0.3) is 0 Å². The molecule has 3 N–H and O–H groups in total. The van der Waals surface area contributed by atoms with Gasteiger partial charge in [0.25, 0.3) is 0 Å². The molecule has 1 saturated heterocycles. The van der Waals surface area contributed by atoms with Gasteiger partial charge in [-0.05, 0) is 12.2 Å². The van der Waals surface area contributed by atoms with Crippen LogP contribution in [-0.4, -0.2) is 44.2 Å². The number of alkyl halides is 1. The molecule has 108 valence electrons. The van der Waals surface area contributed by atoms with E-state index in [1.54, 1.807) is 5.92 Å². The van der Waals surface area contributed by atoms with Gasteiger partial charge in [0.2, 0.25) is 5.67 Å². The number of H-pyrrole nitrogens is 1. The molecule has 0 bridgehead atoms. The molecule has 5 nitrogen and oxygen atoms in total. The maximum absolute atomic E-state index is 14.7. The Hall–Kier alpha value is -1.18. The summed E-state index contributed by atoms with van der Waals surface area (Å²) in [6.45, 7) is -0.649. The van der Waals surface area contributed by atoms with Gasteiger partial charge in [0.1, 0.15) is 16.8 Å². The minimum atomic E-state index is -2.66. The summed E-state index contributed by atoms with van der Waals surface area (Å²) >= 11 is 9.57. The third-order valence-corrected chi connectivity index (χ3v) is 3.63. The van der Waals surface area contributed by atoms with Crippen LogP contribution in [0, 0.1) is 27.6 Å². The number of halogens is 2. The van der Waals surface area contributed by atoms with E-state index in [0.717, 1.165) is 10.8 Å². The molecule has 2 heterocycles. The highest BCUT2D eigenvalue weighted by Crippen LogP contribution is 2.41. The lowest BCUT2D eigenvalue weighted by atomic mass is 9.97. The number of rotatable bonds is 2. The molecule has 1 unspecified atom stereocenters. The van der Waals surface area contributed by atoms with Crippen molar-refractivity contribution in [1.29, 1.82) is 0 Å². The first kappa shape index (κ1) is 15.2. The van der Waals surface area contributed by atoms with Gasteiger partial charge in [0, 0.05) is 6.20 Å². The molecule has 1 aromatic heterocycles. The minimum absolute atomic E-state index is 0.121. The van der Waals surface area contributed by atoms with E-state index in [1.807, 2.05) is 0 Å². The monoisotopic (exact) mass is 320 g/mol. The van der Waals surface area contributed by atoms with Crippen molar-refractivity contribution in [3.8, 4) is 12.3 Å². The molecular weight excluding hydrogens is 310 g/mol. The summed E-state index contributed by atoms with van der Waals surface area (Å²) < 4.78 is 33.9. The van der Waals surface area contributed by atoms with Crippen LogP contribution in [0.5, 0.6) is 0 Å². The maximum Gasteiger partial charge on any atom is 0.243 e. The summed E-state index contributed by atoms with van der Waals surface area (Å²) in [5.41, 5.74) is -2.66. The zero-order valence-corrected chi connectivity index (χ0v) is 11.5. The van der Waals surface area contributed by atoms with E-state index in [1.165, 1.54) is 0 Å². The van der Waals surface area contributed by atoms with Gasteiger partial charge in [-0.15, -0.1) is 6.42 Å². The molecule has 1 aliphatic rings. The molecule has 2 rings (SSSR count). The lowest BCUT2D eigenvalue weighted by molar-refractivity contribution is -0.0537. The summed E-state index contributed by atoms with van der Waals surface area (Å²) in [5, 5.41) is 18.8. The first-order valence-electron chi connectivity index (χ1n) is 5.47. The fourth-order valence-corrected chi connectivity index (χ4v) is 2.42. The normalized spacial score (nSPS) is 33.0. The Kier molecular flexibility index (Phi) is 4.04. The fraction of sp³-hybridized carbons (Fsp3) is 0.455. The third-order valence-electron chi connectivity index (χ3n) is 3.02. The van der Waals surface area contributed by atoms with Gasteiger partial charge >= 0.3 is 0 Å². The van der Waals surface area contributed by atoms with E-state index >= 15 is 0 Å². The Morgan fingerprint density at radius 2 is 2.25 bits per heavy atom. The molecule has 0 amide bonds. The van der Waals surface area contributed by atoms with E-state index in [0.29, 0.717) is 0 Å². The Morgan fingerprint density at radius 3 is 2.80 bits per heavy atom. The maximum atomic E-state index is 14.7. The molecule has 1 fully saturated rings. The predicted molar refractivity (Wildman–Crippen MR) is 70.1 cm³/mol. The number of aromatic nitrogens is 2. The average molecular weight is 320 g/mol. The second-order valence-electron chi connectivity index (χ2n) is 4.21. The summed E-state index contributed by atoms with van der Waals surface area (Å²) in [5.74, 6) is 0.933. The van der Waals surface area contributed by atoms with E-state index in [9.17, 15) is 13.9 Å². The number of hydrogen-bond donors (Lipinski definition) is 3. The largest absolute Gasteiger partial charge is 0.394 e. The van der Waals surface area contributed by atoms with Gasteiger partial charge in [-0.2, -0.15) is 0 Å². The molecule has 0 spiro atoms. The number of hydrogen-bond acceptors (Lipinski definition) is 5. The first-order valence-corrected chi connectivity index (χ1v) is 6.28. The van der Waals surface area contributed by atoms with Gasteiger partial charge in [-0.25, -0.2) is 8.78 Å². The quantitative estimate of drug-likeness (QED) is 0.560. The van der Waals surface area contributed by atoms with E-state index in [4.69, 9.17) is 28.5 Å². The van der Waals surface area contributed by atoms with Crippen molar-refractivity contribution in [2.75, 3.05) is 6.61 Å². The first-order chi connectivity index (χ1) is 9.35. The number of nitrogens with zero attached hydrogens (tertiary/aromatic N) is 1. The number of terminal acetylenes is 1. The Morgan fingerprint density at radius 1 is 1.60 bits per heavy atom. The molecule has 9 heteroatoms. The smallest absolute Gasteiger partial charge is 0.243 e. The highest BCUT2D eigenvalue weighted by atomic mass is 32.1. The zero-order chi connectivity index (χ0) is 15.1. The lowest BCUT2D eigenvalue weighted by Gasteiger charge is -2.24. The van der Waals surface area contributed by atoms with Crippen molar-refractivity contribution >= 4 is 24.4 Å². The van der Waals surface area contributed by atoms with Gasteiger partial charge < -0.3 is 19.9 Å². The predicted octanol–water partition coefficient (Wildman–Crippen LogP) is 1.01. The SMILES string of the molecule is C#CC1(F)[C@@H](O)[C@@H](CO)O[C@H]1n1cc(F)c(=S)[nH]c1=S. The minimum Gasteiger partial charge on any atom is -0.394 e. The van der Waals surface area contributed by atoms with E-state index in [2.05, 4.69) is 17.2 Å². The third kappa shape index (κ3) is 2.19. The van der Waals surface area contributed by atoms with Crippen molar-refractivity contribution in [3.05, 3.63) is 21.4 Å². The zero-order valence-electron chi connectivity index (χ0n) is 9.92. The Balaban J connectivity index is 2.58. The van der Waals surface area contributed by atoms with Gasteiger partial charge in [0.15, 0.2) is 16.8 Å². The standard InChI is InChI=1S/C11H10F2N2O3S2/c1-2-11(13)7(17)6(4-16)18-9(11)15-3-5(12)8(19)14-10(15)20/h1,3,6-7,9,16-17H,4H2,(H,14,19,20)/t6-,7+,9-,11?/m1/s1. The molecule has 4 atom stereocenters. The van der Waals surface area contributed by atoms with Crippen LogP contribution in [0.3, 0.4) is 0 Å².